The van der Waals surface area contributed by atoms with Gasteiger partial charge in [0, 0.05) is 0 Å². The molecule has 0 fully saturated rings. The molecule has 0 aromatic heterocycles. The Morgan fingerprint density at radius 2 is 1.90 bits per heavy atom. The standard InChI is InChI=1S/C9H11P/c1-2-3-8-4-6-9(10)7-5-8/h2,4-7H,1,3,10H2. The monoisotopic (exact) mass is 150 g/mol. The van der Waals surface area contributed by atoms with E-state index in [2.05, 4.69) is 40.1 Å². The predicted octanol–water partition coefficient (Wildman–Crippen LogP) is 1.92. The molecule has 0 radical (unpaired) electrons. The first-order valence-electron chi connectivity index (χ1n) is 3.28. The van der Waals surface area contributed by atoms with E-state index in [1.54, 1.807) is 0 Å². The highest BCUT2D eigenvalue weighted by Crippen LogP contribution is 1.99. The van der Waals surface area contributed by atoms with E-state index in [4.69, 9.17) is 0 Å². The summed E-state index contributed by atoms with van der Waals surface area (Å²) in [6, 6.07) is 8.40. The van der Waals surface area contributed by atoms with Gasteiger partial charge in [-0.2, -0.15) is 0 Å². The molecule has 52 valence electrons. The molecule has 0 aliphatic heterocycles. The first-order valence-corrected chi connectivity index (χ1v) is 3.86. The van der Waals surface area contributed by atoms with Gasteiger partial charge in [0.05, 0.1) is 0 Å². The molecule has 0 saturated carbocycles. The summed E-state index contributed by atoms with van der Waals surface area (Å²) >= 11 is 0. The van der Waals surface area contributed by atoms with Gasteiger partial charge in [0.25, 0.3) is 0 Å². The largest absolute Gasteiger partial charge is 0.106 e. The second-order valence-corrected chi connectivity index (χ2v) is 2.90. The zero-order chi connectivity index (χ0) is 7.40. The van der Waals surface area contributed by atoms with Gasteiger partial charge in [0.15, 0.2) is 0 Å². The van der Waals surface area contributed by atoms with E-state index < -0.39 is 0 Å². The Morgan fingerprint density at radius 1 is 1.30 bits per heavy atom. The molecule has 0 amide bonds. The molecule has 1 unspecified atom stereocenters. The van der Waals surface area contributed by atoms with Gasteiger partial charge in [0.1, 0.15) is 0 Å². The molecule has 0 spiro atoms. The van der Waals surface area contributed by atoms with Crippen LogP contribution in [0.2, 0.25) is 0 Å². The first-order chi connectivity index (χ1) is 4.83. The van der Waals surface area contributed by atoms with Gasteiger partial charge in [-0.3, -0.25) is 0 Å². The molecule has 1 rings (SSSR count). The maximum Gasteiger partial charge on any atom is -0.0100 e. The van der Waals surface area contributed by atoms with Gasteiger partial charge in [-0.15, -0.1) is 15.8 Å². The zero-order valence-corrected chi connectivity index (χ0v) is 7.03. The van der Waals surface area contributed by atoms with Crippen molar-refractivity contribution in [3.8, 4) is 0 Å². The number of rotatable bonds is 2. The minimum Gasteiger partial charge on any atom is -0.106 e. The molecule has 0 heterocycles. The lowest BCUT2D eigenvalue weighted by molar-refractivity contribution is 1.28. The molecule has 1 aromatic rings. The molecule has 0 N–H and O–H groups in total. The van der Waals surface area contributed by atoms with Gasteiger partial charge in [0.2, 0.25) is 0 Å². The molecular formula is C9H11P. The van der Waals surface area contributed by atoms with Gasteiger partial charge >= 0.3 is 0 Å². The minimum absolute atomic E-state index is 0.963. The summed E-state index contributed by atoms with van der Waals surface area (Å²) in [6.45, 7) is 3.67. The Balaban J connectivity index is 2.78. The van der Waals surface area contributed by atoms with Crippen molar-refractivity contribution in [2.75, 3.05) is 0 Å². The Bertz CT molecular complexity index is 211. The van der Waals surface area contributed by atoms with Crippen molar-refractivity contribution in [2.24, 2.45) is 0 Å². The average Bonchev–Trinajstić information content (AvgIpc) is 1.95. The van der Waals surface area contributed by atoms with Crippen LogP contribution in [0.5, 0.6) is 0 Å². The molecule has 1 atom stereocenters. The Labute approximate surface area is 64.2 Å². The second kappa shape index (κ2) is 3.53. The normalized spacial score (nSPS) is 9.30. The van der Waals surface area contributed by atoms with Crippen LogP contribution in [-0.2, 0) is 6.42 Å². The molecule has 0 saturated heterocycles. The summed E-state index contributed by atoms with van der Waals surface area (Å²) < 4.78 is 0. The van der Waals surface area contributed by atoms with E-state index >= 15 is 0 Å². The number of benzene rings is 1. The summed E-state index contributed by atoms with van der Waals surface area (Å²) in [5, 5.41) is 1.23. The van der Waals surface area contributed by atoms with E-state index in [0.717, 1.165) is 6.42 Å². The highest BCUT2D eigenvalue weighted by Gasteiger charge is 1.86. The van der Waals surface area contributed by atoms with Crippen LogP contribution in [-0.4, -0.2) is 0 Å². The lowest BCUT2D eigenvalue weighted by Crippen LogP contribution is -1.89. The molecule has 0 aliphatic carbocycles. The Morgan fingerprint density at radius 3 is 2.40 bits per heavy atom. The number of allylic oxidation sites excluding steroid dienone is 1. The van der Waals surface area contributed by atoms with Crippen molar-refractivity contribution in [3.63, 3.8) is 0 Å². The van der Waals surface area contributed by atoms with Crippen molar-refractivity contribution in [3.05, 3.63) is 42.5 Å². The van der Waals surface area contributed by atoms with Crippen LogP contribution in [0, 0.1) is 0 Å². The average molecular weight is 150 g/mol. The maximum absolute atomic E-state index is 3.67. The van der Waals surface area contributed by atoms with E-state index in [-0.39, 0.29) is 0 Å². The molecule has 0 aliphatic rings. The van der Waals surface area contributed by atoms with Crippen LogP contribution in [0.15, 0.2) is 36.9 Å². The molecule has 10 heavy (non-hydrogen) atoms. The quantitative estimate of drug-likeness (QED) is 0.446. The molecule has 1 aromatic carbocycles. The fourth-order valence-corrected chi connectivity index (χ4v) is 1.01. The van der Waals surface area contributed by atoms with E-state index in [0.29, 0.717) is 0 Å². The summed E-state index contributed by atoms with van der Waals surface area (Å²) in [7, 11) is 2.66. The second-order valence-electron chi connectivity index (χ2n) is 2.23. The highest BCUT2D eigenvalue weighted by molar-refractivity contribution is 7.27. The van der Waals surface area contributed by atoms with Crippen LogP contribution < -0.4 is 5.30 Å². The Kier molecular flexibility index (Phi) is 2.65. The lowest BCUT2D eigenvalue weighted by Gasteiger charge is -1.95. The fraction of sp³-hybridized carbons (Fsp3) is 0.111. The van der Waals surface area contributed by atoms with E-state index in [1.807, 2.05) is 6.08 Å². The smallest absolute Gasteiger partial charge is 0.0100 e. The highest BCUT2D eigenvalue weighted by atomic mass is 31.0. The number of hydrogen-bond acceptors (Lipinski definition) is 0. The van der Waals surface area contributed by atoms with E-state index in [9.17, 15) is 0 Å². The molecule has 1 heteroatoms. The zero-order valence-electron chi connectivity index (χ0n) is 5.88. The van der Waals surface area contributed by atoms with Gasteiger partial charge in [-0.05, 0) is 17.3 Å². The van der Waals surface area contributed by atoms with Crippen molar-refractivity contribution >= 4 is 14.5 Å². The third kappa shape index (κ3) is 1.97. The predicted molar refractivity (Wildman–Crippen MR) is 49.7 cm³/mol. The van der Waals surface area contributed by atoms with Crippen LogP contribution >= 0.6 is 9.24 Å². The summed E-state index contributed by atoms with van der Waals surface area (Å²) in [4.78, 5) is 0. The van der Waals surface area contributed by atoms with Crippen molar-refractivity contribution in [1.82, 2.24) is 0 Å². The van der Waals surface area contributed by atoms with Gasteiger partial charge in [-0.1, -0.05) is 30.3 Å². The van der Waals surface area contributed by atoms with Crippen molar-refractivity contribution in [1.29, 1.82) is 0 Å². The van der Waals surface area contributed by atoms with Gasteiger partial charge in [-0.25, -0.2) is 0 Å². The van der Waals surface area contributed by atoms with E-state index in [1.165, 1.54) is 10.9 Å². The third-order valence-corrected chi connectivity index (χ3v) is 1.74. The lowest BCUT2D eigenvalue weighted by atomic mass is 10.2. The van der Waals surface area contributed by atoms with Crippen LogP contribution in [0.25, 0.3) is 0 Å². The van der Waals surface area contributed by atoms with Crippen LogP contribution in [0.4, 0.5) is 0 Å². The van der Waals surface area contributed by atoms with Crippen molar-refractivity contribution < 1.29 is 0 Å². The summed E-state index contributed by atoms with van der Waals surface area (Å²) in [6.07, 6.45) is 2.88. The molecular weight excluding hydrogens is 139 g/mol. The SMILES string of the molecule is C=CCc1ccc(P)cc1. The van der Waals surface area contributed by atoms with Gasteiger partial charge < -0.3 is 0 Å². The third-order valence-electron chi connectivity index (χ3n) is 1.36. The summed E-state index contributed by atoms with van der Waals surface area (Å²) in [5.41, 5.74) is 1.32. The number of hydrogen-bond donors (Lipinski definition) is 0. The summed E-state index contributed by atoms with van der Waals surface area (Å²) in [5.74, 6) is 0. The van der Waals surface area contributed by atoms with Crippen molar-refractivity contribution in [2.45, 2.75) is 6.42 Å². The molecule has 0 bridgehead atoms. The fourth-order valence-electron chi connectivity index (χ4n) is 0.820. The van der Waals surface area contributed by atoms with Crippen LogP contribution in [0.3, 0.4) is 0 Å². The topological polar surface area (TPSA) is 0 Å². The Hall–Kier alpha value is -0.610. The minimum atomic E-state index is 0.963. The maximum atomic E-state index is 3.67. The molecule has 0 nitrogen and oxygen atoms in total. The first kappa shape index (κ1) is 7.50. The van der Waals surface area contributed by atoms with Crippen LogP contribution in [0.1, 0.15) is 5.56 Å².